The first-order valence-electron chi connectivity index (χ1n) is 14.9. The third kappa shape index (κ3) is 9.34. The van der Waals surface area contributed by atoms with Crippen LogP contribution in [0, 0.1) is 5.92 Å². The van der Waals surface area contributed by atoms with E-state index in [1.807, 2.05) is 24.3 Å². The van der Waals surface area contributed by atoms with Gasteiger partial charge in [0.15, 0.2) is 5.78 Å². The monoisotopic (exact) mass is 488 g/mol. The minimum Gasteiger partial charge on any atom is -0.299 e. The van der Waals surface area contributed by atoms with E-state index in [0.29, 0.717) is 17.9 Å². The topological polar surface area (TPSA) is 34.1 Å². The molecule has 196 valence electrons. The molecular weight excluding hydrogens is 440 g/mol. The van der Waals surface area contributed by atoms with E-state index in [1.54, 1.807) is 0 Å². The van der Waals surface area contributed by atoms with Crippen molar-refractivity contribution in [3.63, 3.8) is 0 Å². The van der Waals surface area contributed by atoms with Gasteiger partial charge in [-0.3, -0.25) is 9.59 Å². The molecule has 0 bridgehead atoms. The molecule has 0 unspecified atom stereocenters. The highest BCUT2D eigenvalue weighted by atomic mass is 16.1. The molecule has 1 saturated carbocycles. The fraction of sp³-hybridized carbons (Fsp3) is 0.588. The zero-order valence-electron chi connectivity index (χ0n) is 22.9. The zero-order chi connectivity index (χ0) is 25.6. The molecule has 0 radical (unpaired) electrons. The van der Waals surface area contributed by atoms with E-state index in [1.165, 1.54) is 88.2 Å². The standard InChI is InChI=1S/C34H48O2/c1-3-5-7-8-9-10-11-12-27-14-16-28(17-15-27)29-18-20-30(21-19-29)31-22-24-32(25-23-31)34(36)26-33(35)13-6-4-2/h18-25,27-28H,3-17,26H2,1-2H3. The molecule has 0 saturated heterocycles. The first kappa shape index (κ1) is 28.4. The molecule has 0 heterocycles. The van der Waals surface area contributed by atoms with Gasteiger partial charge in [-0.1, -0.05) is 120 Å². The minimum absolute atomic E-state index is 0.0232. The molecule has 0 spiro atoms. The number of hydrogen-bond acceptors (Lipinski definition) is 2. The van der Waals surface area contributed by atoms with Crippen molar-refractivity contribution < 1.29 is 9.59 Å². The van der Waals surface area contributed by atoms with Crippen molar-refractivity contribution in [2.75, 3.05) is 0 Å². The summed E-state index contributed by atoms with van der Waals surface area (Å²) in [7, 11) is 0. The average Bonchev–Trinajstić information content (AvgIpc) is 2.92. The van der Waals surface area contributed by atoms with Gasteiger partial charge in [0.2, 0.25) is 0 Å². The Labute approximate surface area is 220 Å². The third-order valence-corrected chi connectivity index (χ3v) is 8.15. The van der Waals surface area contributed by atoms with Crippen LogP contribution in [0.5, 0.6) is 0 Å². The van der Waals surface area contributed by atoms with Crippen LogP contribution in [0.15, 0.2) is 48.5 Å². The fourth-order valence-corrected chi connectivity index (χ4v) is 5.71. The number of benzene rings is 2. The maximum atomic E-state index is 12.4. The van der Waals surface area contributed by atoms with Crippen molar-refractivity contribution in [1.29, 1.82) is 0 Å². The molecule has 1 aliphatic carbocycles. The van der Waals surface area contributed by atoms with E-state index < -0.39 is 0 Å². The van der Waals surface area contributed by atoms with Gasteiger partial charge in [0.05, 0.1) is 6.42 Å². The van der Waals surface area contributed by atoms with Crippen LogP contribution in [0.4, 0.5) is 0 Å². The molecule has 36 heavy (non-hydrogen) atoms. The summed E-state index contributed by atoms with van der Waals surface area (Å²) in [5, 5.41) is 0. The van der Waals surface area contributed by atoms with Crippen molar-refractivity contribution in [1.82, 2.24) is 0 Å². The Morgan fingerprint density at radius 2 is 1.22 bits per heavy atom. The molecule has 3 rings (SSSR count). The van der Waals surface area contributed by atoms with Gasteiger partial charge in [-0.2, -0.15) is 0 Å². The van der Waals surface area contributed by atoms with E-state index in [0.717, 1.165) is 24.3 Å². The predicted octanol–water partition coefficient (Wildman–Crippen LogP) is 10.1. The smallest absolute Gasteiger partial charge is 0.170 e. The second-order valence-corrected chi connectivity index (χ2v) is 11.1. The molecule has 0 amide bonds. The molecule has 0 aliphatic heterocycles. The van der Waals surface area contributed by atoms with Gasteiger partial charge < -0.3 is 0 Å². The van der Waals surface area contributed by atoms with Crippen molar-refractivity contribution in [3.05, 3.63) is 59.7 Å². The van der Waals surface area contributed by atoms with Crippen molar-refractivity contribution in [3.8, 4) is 11.1 Å². The van der Waals surface area contributed by atoms with Crippen molar-refractivity contribution >= 4 is 11.6 Å². The van der Waals surface area contributed by atoms with Gasteiger partial charge >= 0.3 is 0 Å². The molecule has 0 aromatic heterocycles. The summed E-state index contributed by atoms with van der Waals surface area (Å²) in [6.07, 6.45) is 19.1. The molecule has 0 N–H and O–H groups in total. The van der Waals surface area contributed by atoms with Crippen LogP contribution in [0.25, 0.3) is 11.1 Å². The highest BCUT2D eigenvalue weighted by Crippen LogP contribution is 2.38. The van der Waals surface area contributed by atoms with Gasteiger partial charge in [0.1, 0.15) is 5.78 Å². The number of unbranched alkanes of at least 4 members (excludes halogenated alkanes) is 7. The lowest BCUT2D eigenvalue weighted by atomic mass is 9.77. The summed E-state index contributed by atoms with van der Waals surface area (Å²) in [6, 6.07) is 16.8. The summed E-state index contributed by atoms with van der Waals surface area (Å²) in [5.41, 5.74) is 4.41. The summed E-state index contributed by atoms with van der Waals surface area (Å²) < 4.78 is 0. The van der Waals surface area contributed by atoms with Crippen LogP contribution >= 0.6 is 0 Å². The summed E-state index contributed by atoms with van der Waals surface area (Å²) in [5.74, 6) is 1.63. The van der Waals surface area contributed by atoms with E-state index in [-0.39, 0.29) is 18.0 Å². The van der Waals surface area contributed by atoms with E-state index >= 15 is 0 Å². The second kappa shape index (κ2) is 15.8. The number of carbonyl (C=O) groups excluding carboxylic acids is 2. The highest BCUT2D eigenvalue weighted by molar-refractivity contribution is 6.08. The van der Waals surface area contributed by atoms with Crippen LogP contribution in [-0.4, -0.2) is 11.6 Å². The fourth-order valence-electron chi connectivity index (χ4n) is 5.71. The lowest BCUT2D eigenvalue weighted by molar-refractivity contribution is -0.118. The number of Topliss-reactive ketones (excluding diaryl/α,β-unsaturated/α-hetero) is 2. The summed E-state index contributed by atoms with van der Waals surface area (Å²) in [6.45, 7) is 4.35. The summed E-state index contributed by atoms with van der Waals surface area (Å²) in [4.78, 5) is 24.3. The average molecular weight is 489 g/mol. The molecule has 2 aromatic rings. The molecular formula is C34H48O2. The SMILES string of the molecule is CCCCCCCCCC1CCC(c2ccc(-c3ccc(C(=O)CC(=O)CCCC)cc3)cc2)CC1. The Morgan fingerprint density at radius 1 is 0.667 bits per heavy atom. The van der Waals surface area contributed by atoms with Gasteiger partial charge in [0.25, 0.3) is 0 Å². The number of hydrogen-bond donors (Lipinski definition) is 0. The predicted molar refractivity (Wildman–Crippen MR) is 153 cm³/mol. The van der Waals surface area contributed by atoms with Gasteiger partial charge in [-0.15, -0.1) is 0 Å². The largest absolute Gasteiger partial charge is 0.299 e. The lowest BCUT2D eigenvalue weighted by Crippen LogP contribution is -2.13. The molecule has 2 nitrogen and oxygen atoms in total. The Hall–Kier alpha value is -2.22. The highest BCUT2D eigenvalue weighted by Gasteiger charge is 2.22. The molecule has 0 atom stereocenters. The molecule has 1 aliphatic rings. The maximum absolute atomic E-state index is 12.4. The van der Waals surface area contributed by atoms with Crippen molar-refractivity contribution in [2.45, 2.75) is 122 Å². The maximum Gasteiger partial charge on any atom is 0.170 e. The first-order valence-corrected chi connectivity index (χ1v) is 14.9. The Morgan fingerprint density at radius 3 is 1.83 bits per heavy atom. The molecule has 2 aromatic carbocycles. The quantitative estimate of drug-likeness (QED) is 0.134. The van der Waals surface area contributed by atoms with Crippen LogP contribution in [-0.2, 0) is 4.79 Å². The van der Waals surface area contributed by atoms with Crippen LogP contribution in [0.3, 0.4) is 0 Å². The Bertz CT molecular complexity index is 901. The number of rotatable bonds is 16. The van der Waals surface area contributed by atoms with E-state index in [9.17, 15) is 9.59 Å². The van der Waals surface area contributed by atoms with E-state index in [4.69, 9.17) is 0 Å². The van der Waals surface area contributed by atoms with Gasteiger partial charge in [-0.05, 0) is 60.6 Å². The molecule has 2 heteroatoms. The second-order valence-electron chi connectivity index (χ2n) is 11.1. The zero-order valence-corrected chi connectivity index (χ0v) is 22.9. The van der Waals surface area contributed by atoms with Crippen LogP contribution in [0.2, 0.25) is 0 Å². The molecule has 1 fully saturated rings. The Balaban J connectivity index is 1.42. The van der Waals surface area contributed by atoms with Crippen LogP contribution in [0.1, 0.15) is 138 Å². The number of ketones is 2. The minimum atomic E-state index is -0.0689. The van der Waals surface area contributed by atoms with Crippen molar-refractivity contribution in [2.24, 2.45) is 5.92 Å². The Kier molecular flexibility index (Phi) is 12.4. The normalized spacial score (nSPS) is 17.7. The first-order chi connectivity index (χ1) is 17.6. The van der Waals surface area contributed by atoms with Crippen LogP contribution < -0.4 is 0 Å². The summed E-state index contributed by atoms with van der Waals surface area (Å²) >= 11 is 0. The lowest BCUT2D eigenvalue weighted by Gasteiger charge is -2.29. The third-order valence-electron chi connectivity index (χ3n) is 8.15. The van der Waals surface area contributed by atoms with Gasteiger partial charge in [-0.25, -0.2) is 0 Å². The van der Waals surface area contributed by atoms with Gasteiger partial charge in [0, 0.05) is 12.0 Å². The van der Waals surface area contributed by atoms with E-state index in [2.05, 4.69) is 38.1 Å². The number of carbonyl (C=O) groups is 2.